The monoisotopic (exact) mass is 287 g/mol. The van der Waals surface area contributed by atoms with Crippen LogP contribution in [0, 0.1) is 5.92 Å². The lowest BCUT2D eigenvalue weighted by atomic mass is 9.81. The van der Waals surface area contributed by atoms with Crippen molar-refractivity contribution < 1.29 is 9.90 Å². The fourth-order valence-corrected chi connectivity index (χ4v) is 4.20. The van der Waals surface area contributed by atoms with Gasteiger partial charge in [-0.05, 0) is 44.6 Å². The molecule has 0 aromatic carbocycles. The summed E-state index contributed by atoms with van der Waals surface area (Å²) in [5.41, 5.74) is -0.678. The highest BCUT2D eigenvalue weighted by Gasteiger charge is 2.42. The van der Waals surface area contributed by atoms with Crippen LogP contribution in [0.15, 0.2) is 0 Å². The normalized spacial score (nSPS) is 29.4. The van der Waals surface area contributed by atoms with Gasteiger partial charge in [-0.25, -0.2) is 0 Å². The molecule has 0 heterocycles. The number of carbonyl (C=O) groups is 1. The maximum atomic E-state index is 11.7. The Kier molecular flexibility index (Phi) is 6.67. The van der Waals surface area contributed by atoms with Crippen LogP contribution in [0.5, 0.6) is 0 Å². The minimum absolute atomic E-state index is 0.478. The predicted octanol–water partition coefficient (Wildman–Crippen LogP) is 3.53. The molecule has 1 saturated carbocycles. The van der Waals surface area contributed by atoms with E-state index < -0.39 is 11.5 Å². The number of carboxylic acids is 1. The van der Waals surface area contributed by atoms with Crippen molar-refractivity contribution in [2.75, 3.05) is 6.54 Å². The van der Waals surface area contributed by atoms with Crippen molar-refractivity contribution in [1.29, 1.82) is 0 Å². The molecule has 3 unspecified atom stereocenters. The van der Waals surface area contributed by atoms with Crippen LogP contribution in [-0.2, 0) is 4.79 Å². The summed E-state index contributed by atoms with van der Waals surface area (Å²) >= 11 is 1.98. The van der Waals surface area contributed by atoms with Crippen molar-refractivity contribution in [2.24, 2.45) is 5.92 Å². The molecule has 0 amide bonds. The molecule has 0 aromatic heterocycles. The molecule has 1 rings (SSSR count). The molecule has 0 saturated heterocycles. The lowest BCUT2D eigenvalue weighted by Gasteiger charge is -2.39. The SMILES string of the molecule is CCCNC1(C(=O)O)CCCC(SC(C)C(C)C)C1. The molecule has 3 atom stereocenters. The molecule has 0 aromatic rings. The van der Waals surface area contributed by atoms with E-state index in [-0.39, 0.29) is 0 Å². The second-order valence-electron chi connectivity index (χ2n) is 6.12. The Bertz CT molecular complexity index is 296. The molecule has 0 spiro atoms. The Hall–Kier alpha value is -0.220. The highest BCUT2D eigenvalue weighted by molar-refractivity contribution is 8.00. The van der Waals surface area contributed by atoms with E-state index in [2.05, 4.69) is 33.0 Å². The van der Waals surface area contributed by atoms with Crippen molar-refractivity contribution in [3.63, 3.8) is 0 Å². The summed E-state index contributed by atoms with van der Waals surface area (Å²) < 4.78 is 0. The van der Waals surface area contributed by atoms with E-state index in [0.717, 1.165) is 38.6 Å². The highest BCUT2D eigenvalue weighted by Crippen LogP contribution is 2.38. The Morgan fingerprint density at radius 2 is 2.16 bits per heavy atom. The summed E-state index contributed by atoms with van der Waals surface area (Å²) in [6.45, 7) is 9.61. The number of rotatable bonds is 7. The van der Waals surface area contributed by atoms with Crippen molar-refractivity contribution in [2.45, 2.75) is 75.8 Å². The molecule has 4 heteroatoms. The number of hydrogen-bond acceptors (Lipinski definition) is 3. The standard InChI is InChI=1S/C15H29NO2S/c1-5-9-16-15(14(17)18)8-6-7-13(10-15)19-12(4)11(2)3/h11-13,16H,5-10H2,1-4H3,(H,17,18). The average molecular weight is 287 g/mol. The first-order valence-corrected chi connectivity index (χ1v) is 8.49. The van der Waals surface area contributed by atoms with E-state index in [9.17, 15) is 9.90 Å². The van der Waals surface area contributed by atoms with Crippen molar-refractivity contribution in [3.05, 3.63) is 0 Å². The average Bonchev–Trinajstić information content (AvgIpc) is 2.36. The minimum Gasteiger partial charge on any atom is -0.480 e. The number of hydrogen-bond donors (Lipinski definition) is 2. The summed E-state index contributed by atoms with van der Waals surface area (Å²) in [4.78, 5) is 11.7. The Balaban J connectivity index is 2.66. The smallest absolute Gasteiger partial charge is 0.323 e. The zero-order valence-corrected chi connectivity index (χ0v) is 13.6. The quantitative estimate of drug-likeness (QED) is 0.752. The van der Waals surface area contributed by atoms with Gasteiger partial charge in [0, 0.05) is 10.5 Å². The van der Waals surface area contributed by atoms with Crippen molar-refractivity contribution in [3.8, 4) is 0 Å². The molecule has 1 aliphatic rings. The largest absolute Gasteiger partial charge is 0.480 e. The molecule has 1 aliphatic carbocycles. The Labute approximate surface area is 121 Å². The molecule has 112 valence electrons. The highest BCUT2D eigenvalue weighted by atomic mass is 32.2. The number of aliphatic carboxylic acids is 1. The zero-order chi connectivity index (χ0) is 14.5. The number of carboxylic acid groups (broad SMARTS) is 1. The van der Waals surface area contributed by atoms with Gasteiger partial charge in [0.2, 0.25) is 0 Å². The molecule has 0 radical (unpaired) electrons. The first kappa shape index (κ1) is 16.8. The van der Waals surface area contributed by atoms with Crippen LogP contribution in [0.4, 0.5) is 0 Å². The van der Waals surface area contributed by atoms with Crippen LogP contribution in [0.2, 0.25) is 0 Å². The summed E-state index contributed by atoms with van der Waals surface area (Å²) in [7, 11) is 0. The molecule has 0 bridgehead atoms. The van der Waals surface area contributed by atoms with E-state index in [1.54, 1.807) is 0 Å². The fourth-order valence-electron chi connectivity index (χ4n) is 2.60. The van der Waals surface area contributed by atoms with Gasteiger partial charge < -0.3 is 10.4 Å². The van der Waals surface area contributed by atoms with Crippen LogP contribution in [0.25, 0.3) is 0 Å². The molecule has 19 heavy (non-hydrogen) atoms. The van der Waals surface area contributed by atoms with Gasteiger partial charge in [0.05, 0.1) is 0 Å². The zero-order valence-electron chi connectivity index (χ0n) is 12.7. The summed E-state index contributed by atoms with van der Waals surface area (Å²) in [6.07, 6.45) is 4.70. The molecule has 3 nitrogen and oxygen atoms in total. The van der Waals surface area contributed by atoms with E-state index >= 15 is 0 Å². The van der Waals surface area contributed by atoms with Crippen LogP contribution in [0.3, 0.4) is 0 Å². The molecular formula is C15H29NO2S. The van der Waals surface area contributed by atoms with Gasteiger partial charge in [-0.2, -0.15) is 11.8 Å². The summed E-state index contributed by atoms with van der Waals surface area (Å²) in [5.74, 6) is -0.0156. The third-order valence-corrected chi connectivity index (χ3v) is 5.94. The molecular weight excluding hydrogens is 258 g/mol. The summed E-state index contributed by atoms with van der Waals surface area (Å²) in [5, 5.41) is 14.0. The van der Waals surface area contributed by atoms with Gasteiger partial charge in [-0.15, -0.1) is 0 Å². The lowest BCUT2D eigenvalue weighted by Crippen LogP contribution is -2.55. The van der Waals surface area contributed by atoms with Crippen LogP contribution >= 0.6 is 11.8 Å². The number of nitrogens with one attached hydrogen (secondary N) is 1. The predicted molar refractivity (Wildman–Crippen MR) is 82.8 cm³/mol. The van der Waals surface area contributed by atoms with E-state index in [0.29, 0.717) is 16.4 Å². The van der Waals surface area contributed by atoms with E-state index in [1.807, 2.05) is 11.8 Å². The third kappa shape index (κ3) is 4.67. The Morgan fingerprint density at radius 1 is 1.47 bits per heavy atom. The first-order valence-electron chi connectivity index (χ1n) is 7.55. The van der Waals surface area contributed by atoms with Gasteiger partial charge in [0.1, 0.15) is 5.54 Å². The van der Waals surface area contributed by atoms with Gasteiger partial charge in [0.25, 0.3) is 0 Å². The van der Waals surface area contributed by atoms with Crippen molar-refractivity contribution >= 4 is 17.7 Å². The first-order chi connectivity index (χ1) is 8.91. The van der Waals surface area contributed by atoms with Gasteiger partial charge >= 0.3 is 5.97 Å². The Morgan fingerprint density at radius 3 is 2.68 bits per heavy atom. The fraction of sp³-hybridized carbons (Fsp3) is 0.933. The number of thioether (sulfide) groups is 1. The van der Waals surface area contributed by atoms with Gasteiger partial charge in [0.15, 0.2) is 0 Å². The van der Waals surface area contributed by atoms with Crippen molar-refractivity contribution in [1.82, 2.24) is 5.32 Å². The second-order valence-corrected chi connectivity index (χ2v) is 7.80. The van der Waals surface area contributed by atoms with E-state index in [4.69, 9.17) is 0 Å². The van der Waals surface area contributed by atoms with Gasteiger partial charge in [-0.1, -0.05) is 27.7 Å². The molecule has 1 fully saturated rings. The topological polar surface area (TPSA) is 49.3 Å². The minimum atomic E-state index is -0.678. The van der Waals surface area contributed by atoms with Crippen LogP contribution in [-0.4, -0.2) is 33.7 Å². The molecule has 0 aliphatic heterocycles. The van der Waals surface area contributed by atoms with E-state index in [1.165, 1.54) is 0 Å². The maximum Gasteiger partial charge on any atom is 0.323 e. The molecule has 2 N–H and O–H groups in total. The van der Waals surface area contributed by atoms with Crippen LogP contribution < -0.4 is 5.32 Å². The second kappa shape index (κ2) is 7.53. The summed E-state index contributed by atoms with van der Waals surface area (Å²) in [6, 6.07) is 0. The lowest BCUT2D eigenvalue weighted by molar-refractivity contribution is -0.146. The van der Waals surface area contributed by atoms with Crippen LogP contribution in [0.1, 0.15) is 59.8 Å². The van der Waals surface area contributed by atoms with Gasteiger partial charge in [-0.3, -0.25) is 4.79 Å². The maximum absolute atomic E-state index is 11.7. The third-order valence-electron chi connectivity index (χ3n) is 4.17.